The zero-order chi connectivity index (χ0) is 27.4. The van der Waals surface area contributed by atoms with Crippen LogP contribution in [0.15, 0.2) is 36.4 Å². The third kappa shape index (κ3) is 8.58. The van der Waals surface area contributed by atoms with Gasteiger partial charge in [-0.15, -0.1) is 0 Å². The van der Waals surface area contributed by atoms with Crippen LogP contribution < -0.4 is 14.8 Å². The Hall–Kier alpha value is -2.36. The second kappa shape index (κ2) is 11.6. The fraction of sp³-hybridized carbons (Fsp3) is 0.607. The maximum atomic E-state index is 12.4. The van der Waals surface area contributed by atoms with Crippen molar-refractivity contribution in [1.82, 2.24) is 14.9 Å². The first kappa shape index (κ1) is 29.2. The van der Waals surface area contributed by atoms with E-state index in [-0.39, 0.29) is 12.1 Å². The lowest BCUT2D eigenvalue weighted by Crippen LogP contribution is -2.44. The van der Waals surface area contributed by atoms with Crippen LogP contribution in [0.1, 0.15) is 70.9 Å². The predicted molar refractivity (Wildman–Crippen MR) is 148 cm³/mol. The fourth-order valence-electron chi connectivity index (χ4n) is 4.95. The second-order valence-corrected chi connectivity index (χ2v) is 13.2. The molecule has 1 atom stereocenters. The number of carbonyl (C=O) groups excluding carboxylic acids is 1. The van der Waals surface area contributed by atoms with Gasteiger partial charge >= 0.3 is 6.09 Å². The second-order valence-electron chi connectivity index (χ2n) is 11.5. The Morgan fingerprint density at radius 1 is 1.19 bits per heavy atom. The summed E-state index contributed by atoms with van der Waals surface area (Å²) in [5.41, 5.74) is 2.09. The maximum absolute atomic E-state index is 12.4. The van der Waals surface area contributed by atoms with Gasteiger partial charge in [-0.25, -0.2) is 17.9 Å². The molecule has 0 aromatic heterocycles. The topological polar surface area (TPSA) is 97.0 Å². The van der Waals surface area contributed by atoms with Crippen LogP contribution in [-0.4, -0.2) is 63.0 Å². The van der Waals surface area contributed by atoms with Crippen molar-refractivity contribution in [2.24, 2.45) is 0 Å². The highest BCUT2D eigenvalue weighted by molar-refractivity contribution is 7.88. The lowest BCUT2D eigenvalue weighted by molar-refractivity contribution is 0.0179. The van der Waals surface area contributed by atoms with Gasteiger partial charge < -0.3 is 19.7 Å². The van der Waals surface area contributed by atoms with E-state index in [0.717, 1.165) is 48.1 Å². The van der Waals surface area contributed by atoms with E-state index in [0.29, 0.717) is 19.0 Å². The Labute approximate surface area is 222 Å². The SMILES string of the molecule is COc1ccc(C2=CCC(C)(NS(C)(=O)=O)C=C2)cc1CNC1CCC(N(C)C(=O)OC(C)(C)C)CC1. The molecule has 0 radical (unpaired) electrons. The lowest BCUT2D eigenvalue weighted by atomic mass is 9.88. The summed E-state index contributed by atoms with van der Waals surface area (Å²) in [6.07, 6.45) is 11.3. The van der Waals surface area contributed by atoms with Gasteiger partial charge in [0.1, 0.15) is 11.4 Å². The summed E-state index contributed by atoms with van der Waals surface area (Å²) in [6.45, 7) is 8.21. The molecule has 0 saturated heterocycles. The third-order valence-electron chi connectivity index (χ3n) is 6.92. The summed E-state index contributed by atoms with van der Waals surface area (Å²) in [4.78, 5) is 14.2. The molecule has 8 nitrogen and oxygen atoms in total. The third-order valence-corrected chi connectivity index (χ3v) is 7.75. The average molecular weight is 534 g/mol. The van der Waals surface area contributed by atoms with Gasteiger partial charge in [0.25, 0.3) is 0 Å². The van der Waals surface area contributed by atoms with Gasteiger partial charge in [-0.05, 0) is 83.1 Å². The van der Waals surface area contributed by atoms with Gasteiger partial charge in [0.15, 0.2) is 0 Å². The Balaban J connectivity index is 1.58. The minimum atomic E-state index is -3.30. The number of carbonyl (C=O) groups is 1. The van der Waals surface area contributed by atoms with E-state index in [4.69, 9.17) is 9.47 Å². The largest absolute Gasteiger partial charge is 0.496 e. The Morgan fingerprint density at radius 3 is 2.41 bits per heavy atom. The number of benzene rings is 1. The Morgan fingerprint density at radius 2 is 1.86 bits per heavy atom. The fourth-order valence-corrected chi connectivity index (χ4v) is 5.94. The first-order chi connectivity index (χ1) is 17.2. The van der Waals surface area contributed by atoms with Crippen LogP contribution in [0, 0.1) is 0 Å². The van der Waals surface area contributed by atoms with Crippen LogP contribution >= 0.6 is 0 Å². The van der Waals surface area contributed by atoms with Gasteiger partial charge in [0, 0.05) is 31.2 Å². The van der Waals surface area contributed by atoms with Crippen molar-refractivity contribution in [3.05, 3.63) is 47.6 Å². The Kier molecular flexibility index (Phi) is 9.14. The molecule has 2 aliphatic carbocycles. The van der Waals surface area contributed by atoms with Crippen molar-refractivity contribution in [2.45, 2.75) is 89.6 Å². The molecular weight excluding hydrogens is 490 g/mol. The molecule has 2 aliphatic rings. The normalized spacial score (nSPS) is 24.4. The van der Waals surface area contributed by atoms with Gasteiger partial charge in [-0.2, -0.15) is 0 Å². The summed E-state index contributed by atoms with van der Waals surface area (Å²) in [5, 5.41) is 3.68. The lowest BCUT2D eigenvalue weighted by Gasteiger charge is -2.36. The highest BCUT2D eigenvalue weighted by Crippen LogP contribution is 2.31. The van der Waals surface area contributed by atoms with E-state index >= 15 is 0 Å². The van der Waals surface area contributed by atoms with Crippen LogP contribution in [0.25, 0.3) is 5.57 Å². The molecule has 2 N–H and O–H groups in total. The van der Waals surface area contributed by atoms with Crippen molar-refractivity contribution in [3.63, 3.8) is 0 Å². The number of rotatable bonds is 8. The molecule has 9 heteroatoms. The molecule has 3 rings (SSSR count). The molecular formula is C28H43N3O5S. The molecule has 0 spiro atoms. The van der Waals surface area contributed by atoms with E-state index in [1.165, 1.54) is 6.26 Å². The monoisotopic (exact) mass is 533 g/mol. The van der Waals surface area contributed by atoms with Crippen molar-refractivity contribution >= 4 is 21.7 Å². The molecule has 1 saturated carbocycles. The zero-order valence-electron chi connectivity index (χ0n) is 23.3. The standard InChI is InChI=1S/C28H43N3O5S/c1-27(2,3)36-26(32)31(5)24-11-9-23(10-12-24)29-19-22-18-21(8-13-25(22)35-6)20-14-16-28(4,17-15-20)30-37(7,33)34/h8,13-16,18,23-24,29-30H,9-12,17,19H2,1-7H3. The summed E-state index contributed by atoms with van der Waals surface area (Å²) >= 11 is 0. The van der Waals surface area contributed by atoms with Gasteiger partial charge in [0.05, 0.1) is 18.9 Å². The molecule has 1 fully saturated rings. The first-order valence-electron chi connectivity index (χ1n) is 12.9. The van der Waals surface area contributed by atoms with Crippen LogP contribution in [0.2, 0.25) is 0 Å². The molecule has 0 heterocycles. The van der Waals surface area contributed by atoms with E-state index in [1.807, 2.05) is 59.0 Å². The highest BCUT2D eigenvalue weighted by atomic mass is 32.2. The van der Waals surface area contributed by atoms with Gasteiger partial charge in [0.2, 0.25) is 10.0 Å². The van der Waals surface area contributed by atoms with E-state index in [1.54, 1.807) is 12.0 Å². The van der Waals surface area contributed by atoms with E-state index < -0.39 is 21.2 Å². The van der Waals surface area contributed by atoms with Crippen molar-refractivity contribution in [2.75, 3.05) is 20.4 Å². The number of nitrogens with zero attached hydrogens (tertiary/aromatic N) is 1. The molecule has 0 aliphatic heterocycles. The van der Waals surface area contributed by atoms with Crippen molar-refractivity contribution in [3.8, 4) is 5.75 Å². The number of hydrogen-bond donors (Lipinski definition) is 2. The van der Waals surface area contributed by atoms with Crippen LogP contribution in [0.3, 0.4) is 0 Å². The number of amides is 1. The zero-order valence-corrected chi connectivity index (χ0v) is 24.1. The summed E-state index contributed by atoms with van der Waals surface area (Å²) in [6, 6.07) is 6.71. The number of allylic oxidation sites excluding steroid dienone is 2. The van der Waals surface area contributed by atoms with E-state index in [9.17, 15) is 13.2 Å². The first-order valence-corrected chi connectivity index (χ1v) is 14.8. The van der Waals surface area contributed by atoms with Crippen LogP contribution in [0.5, 0.6) is 5.75 Å². The Bertz CT molecular complexity index is 1130. The van der Waals surface area contributed by atoms with Crippen LogP contribution in [0.4, 0.5) is 4.79 Å². The smallest absolute Gasteiger partial charge is 0.410 e. The molecule has 1 aromatic carbocycles. The number of sulfonamides is 1. The van der Waals surface area contributed by atoms with Gasteiger partial charge in [-0.3, -0.25) is 0 Å². The van der Waals surface area contributed by atoms with Crippen LogP contribution in [-0.2, 0) is 21.3 Å². The summed E-state index contributed by atoms with van der Waals surface area (Å²) in [7, 11) is 0.210. The van der Waals surface area contributed by atoms with Gasteiger partial charge in [-0.1, -0.05) is 24.3 Å². The minimum Gasteiger partial charge on any atom is -0.496 e. The molecule has 0 bridgehead atoms. The summed E-state index contributed by atoms with van der Waals surface area (Å²) in [5.74, 6) is 0.832. The quantitative estimate of drug-likeness (QED) is 0.506. The molecule has 206 valence electrons. The van der Waals surface area contributed by atoms with Crippen molar-refractivity contribution in [1.29, 1.82) is 0 Å². The predicted octanol–water partition coefficient (Wildman–Crippen LogP) is 4.61. The molecule has 1 unspecified atom stereocenters. The summed E-state index contributed by atoms with van der Waals surface area (Å²) < 4.78 is 37.2. The maximum Gasteiger partial charge on any atom is 0.410 e. The average Bonchev–Trinajstić information content (AvgIpc) is 2.80. The molecule has 37 heavy (non-hydrogen) atoms. The number of hydrogen-bond acceptors (Lipinski definition) is 6. The number of methoxy groups -OCH3 is 1. The number of nitrogens with one attached hydrogen (secondary N) is 2. The highest BCUT2D eigenvalue weighted by Gasteiger charge is 2.29. The molecule has 1 aromatic rings. The minimum absolute atomic E-state index is 0.193. The number of ether oxygens (including phenoxy) is 2. The van der Waals surface area contributed by atoms with E-state index in [2.05, 4.69) is 22.2 Å². The molecule has 1 amide bonds. The van der Waals surface area contributed by atoms with Crippen molar-refractivity contribution < 1.29 is 22.7 Å².